The van der Waals surface area contributed by atoms with Gasteiger partial charge in [-0.1, -0.05) is 18.2 Å². The van der Waals surface area contributed by atoms with Crippen molar-refractivity contribution in [2.24, 2.45) is 18.9 Å². The van der Waals surface area contributed by atoms with Gasteiger partial charge >= 0.3 is 6.18 Å². The minimum atomic E-state index is -4.38. The molecule has 1 aromatic carbocycles. The smallest absolute Gasteiger partial charge is 0.356 e. The van der Waals surface area contributed by atoms with Crippen LogP contribution in [-0.4, -0.2) is 46.5 Å². The zero-order valence-corrected chi connectivity index (χ0v) is 17.1. The van der Waals surface area contributed by atoms with E-state index in [1.165, 1.54) is 6.07 Å². The Hall–Kier alpha value is -3.03. The van der Waals surface area contributed by atoms with Crippen LogP contribution >= 0.6 is 0 Å². The van der Waals surface area contributed by atoms with E-state index in [2.05, 4.69) is 4.98 Å². The van der Waals surface area contributed by atoms with Crippen LogP contribution in [0.5, 0.6) is 0 Å². The van der Waals surface area contributed by atoms with Crippen LogP contribution in [0.25, 0.3) is 10.9 Å². The Morgan fingerprint density at radius 1 is 1.06 bits per heavy atom. The van der Waals surface area contributed by atoms with Crippen LogP contribution in [0.15, 0.2) is 48.8 Å². The van der Waals surface area contributed by atoms with Gasteiger partial charge in [-0.25, -0.2) is 4.98 Å². The fourth-order valence-electron chi connectivity index (χ4n) is 4.97. The summed E-state index contributed by atoms with van der Waals surface area (Å²) in [4.78, 5) is 21.0. The Morgan fingerprint density at radius 3 is 2.42 bits per heavy atom. The molecule has 2 atom stereocenters. The fourth-order valence-corrected chi connectivity index (χ4v) is 4.97. The van der Waals surface area contributed by atoms with Crippen molar-refractivity contribution in [1.29, 1.82) is 0 Å². The van der Waals surface area contributed by atoms with E-state index >= 15 is 0 Å². The molecule has 2 aromatic heterocycles. The van der Waals surface area contributed by atoms with E-state index in [-0.39, 0.29) is 5.91 Å². The molecule has 31 heavy (non-hydrogen) atoms. The number of pyridine rings is 1. The quantitative estimate of drug-likeness (QED) is 0.639. The van der Waals surface area contributed by atoms with Crippen LogP contribution in [0, 0.1) is 11.8 Å². The number of amides is 1. The standard InChI is InChI=1S/C23H23F3N4O/c1-28-10-15(19-4-2-3-5-20(19)28)8-22(31)30-13-16-11-29(12-17(16)14-30)21-7-6-18(9-27-21)23(24,25)26/h2-7,9-10,16-17H,8,11-14H2,1H3. The Kier molecular flexibility index (Phi) is 4.68. The molecule has 0 spiro atoms. The van der Waals surface area contributed by atoms with Crippen LogP contribution in [-0.2, 0) is 24.4 Å². The molecule has 2 aliphatic rings. The van der Waals surface area contributed by atoms with Gasteiger partial charge in [-0.05, 0) is 23.8 Å². The number of anilines is 1. The topological polar surface area (TPSA) is 41.4 Å². The maximum Gasteiger partial charge on any atom is 0.417 e. The highest BCUT2D eigenvalue weighted by Gasteiger charge is 2.42. The third-order valence-electron chi connectivity index (χ3n) is 6.56. The van der Waals surface area contributed by atoms with Crippen molar-refractivity contribution in [1.82, 2.24) is 14.5 Å². The van der Waals surface area contributed by atoms with Gasteiger partial charge in [0.15, 0.2) is 0 Å². The molecule has 2 aliphatic heterocycles. The average Bonchev–Trinajstić information content (AvgIpc) is 3.40. The number of para-hydroxylation sites is 1. The van der Waals surface area contributed by atoms with E-state index in [1.807, 2.05) is 51.9 Å². The first kappa shape index (κ1) is 19.9. The molecule has 0 saturated carbocycles. The van der Waals surface area contributed by atoms with E-state index in [4.69, 9.17) is 0 Å². The summed E-state index contributed by atoms with van der Waals surface area (Å²) in [6.45, 7) is 2.79. The monoisotopic (exact) mass is 428 g/mol. The molecule has 0 N–H and O–H groups in total. The second kappa shape index (κ2) is 7.28. The number of likely N-dealkylation sites (tertiary alicyclic amines) is 1. The summed E-state index contributed by atoms with van der Waals surface area (Å²) in [5, 5.41) is 1.11. The van der Waals surface area contributed by atoms with Gasteiger partial charge in [-0.3, -0.25) is 4.79 Å². The number of aryl methyl sites for hydroxylation is 1. The summed E-state index contributed by atoms with van der Waals surface area (Å²) >= 11 is 0. The molecule has 2 unspecified atom stereocenters. The van der Waals surface area contributed by atoms with Gasteiger partial charge in [0, 0.05) is 68.4 Å². The molecule has 3 aromatic rings. The molecular weight excluding hydrogens is 405 g/mol. The molecule has 4 heterocycles. The highest BCUT2D eigenvalue weighted by molar-refractivity contribution is 5.89. The number of halogens is 3. The van der Waals surface area contributed by atoms with Gasteiger partial charge in [0.05, 0.1) is 12.0 Å². The molecule has 0 radical (unpaired) electrons. The summed E-state index contributed by atoms with van der Waals surface area (Å²) in [5.41, 5.74) is 1.42. The first-order valence-electron chi connectivity index (χ1n) is 10.4. The molecule has 2 saturated heterocycles. The largest absolute Gasteiger partial charge is 0.417 e. The summed E-state index contributed by atoms with van der Waals surface area (Å²) in [6, 6.07) is 10.6. The van der Waals surface area contributed by atoms with Crippen LogP contribution in [0.2, 0.25) is 0 Å². The molecule has 162 valence electrons. The normalized spacial score (nSPS) is 21.2. The number of alkyl halides is 3. The van der Waals surface area contributed by atoms with Crippen LogP contribution in [0.3, 0.4) is 0 Å². The molecule has 0 aliphatic carbocycles. The van der Waals surface area contributed by atoms with Crippen molar-refractivity contribution in [3.8, 4) is 0 Å². The lowest BCUT2D eigenvalue weighted by Gasteiger charge is -2.22. The Labute approximate surface area is 178 Å². The highest BCUT2D eigenvalue weighted by atomic mass is 19.4. The predicted octanol–water partition coefficient (Wildman–Crippen LogP) is 3.73. The molecule has 0 bridgehead atoms. The average molecular weight is 428 g/mol. The maximum atomic E-state index is 13.0. The van der Waals surface area contributed by atoms with E-state index < -0.39 is 11.7 Å². The van der Waals surface area contributed by atoms with Crippen molar-refractivity contribution in [2.75, 3.05) is 31.1 Å². The van der Waals surface area contributed by atoms with Crippen molar-refractivity contribution < 1.29 is 18.0 Å². The van der Waals surface area contributed by atoms with Crippen molar-refractivity contribution in [2.45, 2.75) is 12.6 Å². The minimum absolute atomic E-state index is 0.130. The lowest BCUT2D eigenvalue weighted by Crippen LogP contribution is -2.34. The number of carbonyl (C=O) groups is 1. The lowest BCUT2D eigenvalue weighted by atomic mass is 10.0. The molecule has 1 amide bonds. The summed E-state index contributed by atoms with van der Waals surface area (Å²) in [7, 11) is 1.99. The molecule has 2 fully saturated rings. The number of nitrogens with zero attached hydrogens (tertiary/aromatic N) is 4. The van der Waals surface area contributed by atoms with Gasteiger partial charge < -0.3 is 14.4 Å². The van der Waals surface area contributed by atoms with E-state index in [9.17, 15) is 18.0 Å². The third-order valence-corrected chi connectivity index (χ3v) is 6.56. The fraction of sp³-hybridized carbons (Fsp3) is 0.391. The van der Waals surface area contributed by atoms with Crippen molar-refractivity contribution in [3.63, 3.8) is 0 Å². The SMILES string of the molecule is Cn1cc(CC(=O)N2CC3CN(c4ccc(C(F)(F)F)cn4)CC3C2)c2ccccc21. The lowest BCUT2D eigenvalue weighted by molar-refractivity contribution is -0.137. The zero-order valence-electron chi connectivity index (χ0n) is 17.1. The first-order valence-corrected chi connectivity index (χ1v) is 10.4. The van der Waals surface area contributed by atoms with Gasteiger partial charge in [0.2, 0.25) is 5.91 Å². The maximum absolute atomic E-state index is 13.0. The number of rotatable bonds is 3. The number of benzene rings is 1. The number of fused-ring (bicyclic) bond motifs is 2. The minimum Gasteiger partial charge on any atom is -0.356 e. The molecular formula is C23H23F3N4O. The Balaban J connectivity index is 1.22. The second-order valence-corrected chi connectivity index (χ2v) is 8.59. The first-order chi connectivity index (χ1) is 14.8. The van der Waals surface area contributed by atoms with Gasteiger partial charge in [0.1, 0.15) is 5.82 Å². The van der Waals surface area contributed by atoms with E-state index in [1.54, 1.807) is 0 Å². The second-order valence-electron chi connectivity index (χ2n) is 8.59. The third kappa shape index (κ3) is 3.64. The predicted molar refractivity (Wildman–Crippen MR) is 112 cm³/mol. The summed E-state index contributed by atoms with van der Waals surface area (Å²) in [6.07, 6.45) is -1.08. The molecule has 5 nitrogen and oxygen atoms in total. The summed E-state index contributed by atoms with van der Waals surface area (Å²) < 4.78 is 40.3. The zero-order chi connectivity index (χ0) is 21.8. The van der Waals surface area contributed by atoms with Crippen LogP contribution in [0.1, 0.15) is 11.1 Å². The van der Waals surface area contributed by atoms with Crippen LogP contribution in [0.4, 0.5) is 19.0 Å². The number of hydrogen-bond donors (Lipinski definition) is 0. The number of carbonyl (C=O) groups excluding carboxylic acids is 1. The number of hydrogen-bond acceptors (Lipinski definition) is 3. The van der Waals surface area contributed by atoms with Gasteiger partial charge in [-0.15, -0.1) is 0 Å². The highest BCUT2D eigenvalue weighted by Crippen LogP contribution is 2.35. The van der Waals surface area contributed by atoms with Crippen LogP contribution < -0.4 is 4.90 Å². The van der Waals surface area contributed by atoms with Crippen molar-refractivity contribution in [3.05, 3.63) is 59.9 Å². The molecule has 8 heteroatoms. The van der Waals surface area contributed by atoms with E-state index in [0.29, 0.717) is 50.3 Å². The molecule has 5 rings (SSSR count). The van der Waals surface area contributed by atoms with Crippen molar-refractivity contribution >= 4 is 22.6 Å². The Morgan fingerprint density at radius 2 is 1.77 bits per heavy atom. The van der Waals surface area contributed by atoms with E-state index in [0.717, 1.165) is 28.7 Å². The van der Waals surface area contributed by atoms with Gasteiger partial charge in [-0.2, -0.15) is 13.2 Å². The number of aromatic nitrogens is 2. The Bertz CT molecular complexity index is 1110. The van der Waals surface area contributed by atoms with Gasteiger partial charge in [0.25, 0.3) is 0 Å². The summed E-state index contributed by atoms with van der Waals surface area (Å²) in [5.74, 6) is 1.34.